The Hall–Kier alpha value is -2.80. The largest absolute Gasteiger partial charge is 0.349 e. The van der Waals surface area contributed by atoms with E-state index in [2.05, 4.69) is 23.3 Å². The van der Waals surface area contributed by atoms with Gasteiger partial charge >= 0.3 is 0 Å². The molecule has 0 aliphatic carbocycles. The molecule has 0 saturated heterocycles. The van der Waals surface area contributed by atoms with Crippen molar-refractivity contribution < 1.29 is 13.2 Å². The van der Waals surface area contributed by atoms with E-state index >= 15 is 0 Å². The molecular weight excluding hydrogens is 360 g/mol. The van der Waals surface area contributed by atoms with Gasteiger partial charge in [0.1, 0.15) is 11.6 Å². The average molecular weight is 374 g/mol. The number of carbonyl (C=O) groups is 1. The van der Waals surface area contributed by atoms with Crippen molar-refractivity contribution in [2.45, 2.75) is 4.90 Å². The second kappa shape index (κ2) is 7.85. The highest BCUT2D eigenvalue weighted by Crippen LogP contribution is 2.17. The number of nitrogens with zero attached hydrogens (tertiary/aromatic N) is 1. The van der Waals surface area contributed by atoms with Crippen LogP contribution in [0.1, 0.15) is 0 Å². The maximum atomic E-state index is 12.2. The summed E-state index contributed by atoms with van der Waals surface area (Å²) >= 11 is 4.17. The summed E-state index contributed by atoms with van der Waals surface area (Å²) in [6.07, 6.45) is 0. The second-order valence-corrected chi connectivity index (χ2v) is 6.86. The van der Waals surface area contributed by atoms with E-state index in [1.54, 1.807) is 30.3 Å². The van der Waals surface area contributed by atoms with Crippen molar-refractivity contribution in [3.63, 3.8) is 0 Å². The molecule has 0 bridgehead atoms. The minimum absolute atomic E-state index is 0.0813. The van der Waals surface area contributed by atoms with Gasteiger partial charge in [0.05, 0.1) is 9.92 Å². The molecule has 0 unspecified atom stereocenters. The zero-order valence-corrected chi connectivity index (χ0v) is 14.5. The molecular formula is C16H14N4O3S2. The molecule has 1 amide bonds. The van der Waals surface area contributed by atoms with E-state index in [-0.39, 0.29) is 15.5 Å². The van der Waals surface area contributed by atoms with Crippen LogP contribution >= 0.6 is 12.6 Å². The lowest BCUT2D eigenvalue weighted by Gasteiger charge is -2.09. The highest BCUT2D eigenvalue weighted by Gasteiger charge is 2.15. The number of thiol groups is 1. The predicted octanol–water partition coefficient (Wildman–Crippen LogP) is 2.05. The molecule has 0 atom stereocenters. The van der Waals surface area contributed by atoms with Crippen molar-refractivity contribution in [1.82, 2.24) is 0 Å². The topological polar surface area (TPSA) is 125 Å². The summed E-state index contributed by atoms with van der Waals surface area (Å²) in [4.78, 5) is 12.2. The van der Waals surface area contributed by atoms with Crippen LogP contribution in [0.15, 0.2) is 70.1 Å². The summed E-state index contributed by atoms with van der Waals surface area (Å²) < 4.78 is 22.4. The Morgan fingerprint density at radius 1 is 1.00 bits per heavy atom. The minimum atomic E-state index is -3.81. The summed E-state index contributed by atoms with van der Waals surface area (Å²) in [6.45, 7) is 0. The molecule has 25 heavy (non-hydrogen) atoms. The molecule has 2 rings (SSSR count). The molecule has 0 fully saturated rings. The third kappa shape index (κ3) is 5.09. The Labute approximate surface area is 150 Å². The molecule has 0 saturated carbocycles. The Bertz CT molecular complexity index is 947. The summed E-state index contributed by atoms with van der Waals surface area (Å²) in [5, 5.41) is 19.7. The third-order valence-corrected chi connectivity index (χ3v) is 4.32. The van der Waals surface area contributed by atoms with Gasteiger partial charge in [-0.15, -0.1) is 12.6 Å². The molecule has 0 aliphatic heterocycles. The quantitative estimate of drug-likeness (QED) is 0.362. The van der Waals surface area contributed by atoms with Crippen LogP contribution in [0.3, 0.4) is 0 Å². The van der Waals surface area contributed by atoms with E-state index < -0.39 is 15.9 Å². The van der Waals surface area contributed by atoms with E-state index in [0.717, 1.165) is 0 Å². The van der Waals surface area contributed by atoms with Gasteiger partial charge < -0.3 is 10.6 Å². The average Bonchev–Trinajstić information content (AvgIpc) is 2.56. The Kier molecular flexibility index (Phi) is 5.82. The van der Waals surface area contributed by atoms with Crippen LogP contribution in [0.2, 0.25) is 0 Å². The van der Waals surface area contributed by atoms with Crippen molar-refractivity contribution in [2.75, 3.05) is 10.6 Å². The van der Waals surface area contributed by atoms with E-state index in [1.807, 2.05) is 6.07 Å². The van der Waals surface area contributed by atoms with Crippen molar-refractivity contribution in [3.8, 4) is 6.07 Å². The molecule has 0 spiro atoms. The van der Waals surface area contributed by atoms with Crippen LogP contribution in [0.25, 0.3) is 0 Å². The van der Waals surface area contributed by atoms with Crippen LogP contribution in [-0.2, 0) is 14.8 Å². The third-order valence-electron chi connectivity index (χ3n) is 3.05. The first-order valence-corrected chi connectivity index (χ1v) is 8.90. The van der Waals surface area contributed by atoms with Crippen molar-refractivity contribution in [3.05, 3.63) is 65.2 Å². The highest BCUT2D eigenvalue weighted by atomic mass is 32.2. The number of sulfonamides is 1. The van der Waals surface area contributed by atoms with E-state index in [0.29, 0.717) is 11.4 Å². The van der Waals surface area contributed by atoms with Crippen LogP contribution in [0.5, 0.6) is 0 Å². The van der Waals surface area contributed by atoms with Crippen LogP contribution in [0, 0.1) is 11.3 Å². The predicted molar refractivity (Wildman–Crippen MR) is 98.1 cm³/mol. The summed E-state index contributed by atoms with van der Waals surface area (Å²) in [7, 11) is -3.81. The molecule has 0 heterocycles. The molecule has 7 nitrogen and oxygen atoms in total. The van der Waals surface area contributed by atoms with E-state index in [9.17, 15) is 18.5 Å². The van der Waals surface area contributed by atoms with Gasteiger partial charge in [-0.2, -0.15) is 5.26 Å². The molecule has 2 aromatic rings. The van der Waals surface area contributed by atoms with Crippen molar-refractivity contribution in [1.29, 1.82) is 5.26 Å². The second-order valence-electron chi connectivity index (χ2n) is 4.85. The zero-order valence-electron chi connectivity index (χ0n) is 12.8. The van der Waals surface area contributed by atoms with Gasteiger partial charge in [-0.1, -0.05) is 18.2 Å². The summed E-state index contributed by atoms with van der Waals surface area (Å²) in [6, 6.07) is 16.0. The number of rotatable bonds is 5. The number of carbonyl (C=O) groups excluding carboxylic acids is 1. The normalized spacial score (nSPS) is 11.9. The Balaban J connectivity index is 2.17. The molecule has 9 heteroatoms. The SMILES string of the molecule is N#C/C(C(=O)Nc1ccc(S(N)(=O)=O)cc1)=C(/S)Nc1ccccc1. The van der Waals surface area contributed by atoms with Gasteiger partial charge in [0.2, 0.25) is 10.0 Å². The molecule has 4 N–H and O–H groups in total. The Morgan fingerprint density at radius 3 is 2.08 bits per heavy atom. The van der Waals surface area contributed by atoms with Crippen LogP contribution in [-0.4, -0.2) is 14.3 Å². The lowest BCUT2D eigenvalue weighted by Crippen LogP contribution is -2.17. The summed E-state index contributed by atoms with van der Waals surface area (Å²) in [5.74, 6) is -0.681. The van der Waals surface area contributed by atoms with Gasteiger partial charge in [0.15, 0.2) is 0 Å². The molecule has 2 aromatic carbocycles. The number of benzene rings is 2. The monoisotopic (exact) mass is 374 g/mol. The van der Waals surface area contributed by atoms with Gasteiger partial charge in [0.25, 0.3) is 5.91 Å². The lowest BCUT2D eigenvalue weighted by atomic mass is 10.2. The molecule has 0 radical (unpaired) electrons. The Morgan fingerprint density at radius 2 is 1.56 bits per heavy atom. The van der Waals surface area contributed by atoms with Gasteiger partial charge in [-0.05, 0) is 36.4 Å². The smallest absolute Gasteiger partial charge is 0.269 e. The number of hydrogen-bond acceptors (Lipinski definition) is 6. The maximum Gasteiger partial charge on any atom is 0.269 e. The van der Waals surface area contributed by atoms with Gasteiger partial charge in [-0.25, -0.2) is 13.6 Å². The van der Waals surface area contributed by atoms with E-state index in [4.69, 9.17) is 5.14 Å². The number of amides is 1. The fourth-order valence-electron chi connectivity index (χ4n) is 1.85. The number of primary sulfonamides is 1. The van der Waals surface area contributed by atoms with Crippen LogP contribution in [0.4, 0.5) is 11.4 Å². The fourth-order valence-corrected chi connectivity index (χ4v) is 2.65. The van der Waals surface area contributed by atoms with Gasteiger partial charge in [-0.3, -0.25) is 4.79 Å². The van der Waals surface area contributed by atoms with Crippen molar-refractivity contribution >= 4 is 39.9 Å². The fraction of sp³-hybridized carbons (Fsp3) is 0. The first-order chi connectivity index (χ1) is 11.8. The van der Waals surface area contributed by atoms with Gasteiger partial charge in [0, 0.05) is 11.4 Å². The highest BCUT2D eigenvalue weighted by molar-refractivity contribution is 7.89. The standard InChI is InChI=1S/C16H14N4O3S2/c17-10-14(16(24)20-11-4-2-1-3-5-11)15(21)19-12-6-8-13(9-7-12)25(18,22)23/h1-9,20,24H,(H,19,21)(H2,18,22,23)/b16-14-. The first kappa shape index (κ1) is 18.5. The molecule has 128 valence electrons. The van der Waals surface area contributed by atoms with Crippen molar-refractivity contribution in [2.24, 2.45) is 5.14 Å². The molecule has 0 aliphatic rings. The minimum Gasteiger partial charge on any atom is -0.349 e. The maximum absolute atomic E-state index is 12.2. The number of nitrogens with one attached hydrogen (secondary N) is 2. The number of anilines is 2. The number of nitriles is 1. The molecule has 0 aromatic heterocycles. The number of hydrogen-bond donors (Lipinski definition) is 4. The zero-order chi connectivity index (χ0) is 18.4. The van der Waals surface area contributed by atoms with E-state index in [1.165, 1.54) is 24.3 Å². The summed E-state index contributed by atoms with van der Waals surface area (Å²) in [5.41, 5.74) is 0.763. The number of nitrogens with two attached hydrogens (primary N) is 1. The number of para-hydroxylation sites is 1. The van der Waals surface area contributed by atoms with Crippen LogP contribution < -0.4 is 15.8 Å². The lowest BCUT2D eigenvalue weighted by molar-refractivity contribution is -0.112. The first-order valence-electron chi connectivity index (χ1n) is 6.91.